The van der Waals surface area contributed by atoms with Crippen molar-refractivity contribution in [1.82, 2.24) is 15.2 Å². The molecule has 0 radical (unpaired) electrons. The molecule has 2 unspecified atom stereocenters. The number of benzene rings is 1. The molecule has 1 fully saturated rings. The van der Waals surface area contributed by atoms with Gasteiger partial charge in [0.15, 0.2) is 5.82 Å². The molecule has 1 aliphatic heterocycles. The second-order valence-electron chi connectivity index (χ2n) is 7.44. The highest BCUT2D eigenvalue weighted by Crippen LogP contribution is 2.38. The van der Waals surface area contributed by atoms with Crippen LogP contribution in [0, 0.1) is 29.9 Å². The predicted molar refractivity (Wildman–Crippen MR) is 114 cm³/mol. The highest BCUT2D eigenvalue weighted by Gasteiger charge is 2.44. The number of nitrogens with one attached hydrogen (secondary N) is 2. The van der Waals surface area contributed by atoms with Gasteiger partial charge in [-0.25, -0.2) is 13.8 Å². The zero-order valence-electron chi connectivity index (χ0n) is 18.1. The zero-order chi connectivity index (χ0) is 23.0. The molecule has 31 heavy (non-hydrogen) atoms. The topological polar surface area (TPSA) is 87.5 Å². The van der Waals surface area contributed by atoms with Crippen LogP contribution in [0.15, 0.2) is 30.5 Å². The molecule has 0 amide bonds. The maximum atomic E-state index is 14.6. The van der Waals surface area contributed by atoms with Crippen LogP contribution >= 0.6 is 0 Å². The number of halogens is 2. The maximum absolute atomic E-state index is 14.6. The van der Waals surface area contributed by atoms with Gasteiger partial charge in [0.1, 0.15) is 17.9 Å². The van der Waals surface area contributed by atoms with E-state index in [4.69, 9.17) is 14.9 Å². The number of likely N-dealkylation sites (N-methyl/N-ethyl adjacent to an activating group) is 1. The van der Waals surface area contributed by atoms with Crippen molar-refractivity contribution < 1.29 is 23.0 Å². The summed E-state index contributed by atoms with van der Waals surface area (Å²) in [5.74, 6) is -1.53. The number of aromatic nitrogens is 1. The van der Waals surface area contributed by atoms with Gasteiger partial charge in [-0.2, -0.15) is 0 Å². The second kappa shape index (κ2) is 10.9. The molecular formula is C22H28F2N4O3. The minimum absolute atomic E-state index is 0.143. The van der Waals surface area contributed by atoms with Crippen molar-refractivity contribution in [2.75, 3.05) is 34.4 Å². The summed E-state index contributed by atoms with van der Waals surface area (Å²) in [6.45, 7) is 2.29. The average molecular weight is 434 g/mol. The largest absolute Gasteiger partial charge is 0.436 e. The van der Waals surface area contributed by atoms with Crippen molar-refractivity contribution in [3.63, 3.8) is 0 Å². The van der Waals surface area contributed by atoms with Crippen molar-refractivity contribution in [2.24, 2.45) is 5.92 Å². The SMILES string of the molecule is CN(C)C=N.CNC1(c2cc(Oc3ncc(C)cc3F)ccc2F)COCCC1C=O. The van der Waals surface area contributed by atoms with E-state index in [1.165, 1.54) is 36.8 Å². The highest BCUT2D eigenvalue weighted by atomic mass is 19.1. The second-order valence-corrected chi connectivity index (χ2v) is 7.44. The number of nitrogens with zero attached hydrogens (tertiary/aromatic N) is 2. The van der Waals surface area contributed by atoms with Crippen LogP contribution in [0.1, 0.15) is 17.5 Å². The number of carbonyl (C=O) groups is 1. The molecule has 9 heteroatoms. The Morgan fingerprint density at radius 3 is 2.61 bits per heavy atom. The fourth-order valence-corrected chi connectivity index (χ4v) is 3.27. The van der Waals surface area contributed by atoms with Gasteiger partial charge in [0.2, 0.25) is 0 Å². The first-order chi connectivity index (χ1) is 14.8. The molecule has 0 aliphatic carbocycles. The molecule has 1 aromatic heterocycles. The van der Waals surface area contributed by atoms with Gasteiger partial charge in [0.05, 0.1) is 18.5 Å². The molecule has 0 bridgehead atoms. The molecule has 2 heterocycles. The van der Waals surface area contributed by atoms with Gasteiger partial charge >= 0.3 is 0 Å². The first kappa shape index (κ1) is 24.4. The lowest BCUT2D eigenvalue weighted by atomic mass is 9.76. The number of rotatable bonds is 6. The summed E-state index contributed by atoms with van der Waals surface area (Å²) in [5, 5.41) is 9.50. The van der Waals surface area contributed by atoms with E-state index in [9.17, 15) is 13.6 Å². The van der Waals surface area contributed by atoms with Gasteiger partial charge in [-0.1, -0.05) is 0 Å². The van der Waals surface area contributed by atoms with Crippen LogP contribution in [-0.2, 0) is 15.1 Å². The number of carbonyl (C=O) groups excluding carboxylic acids is 1. The molecule has 1 saturated heterocycles. The first-order valence-electron chi connectivity index (χ1n) is 9.76. The molecular weight excluding hydrogens is 406 g/mol. The van der Waals surface area contributed by atoms with Crippen LogP contribution in [0.25, 0.3) is 0 Å². The van der Waals surface area contributed by atoms with Crippen LogP contribution in [0.2, 0.25) is 0 Å². The van der Waals surface area contributed by atoms with Gasteiger partial charge in [-0.15, -0.1) is 0 Å². The third-order valence-electron chi connectivity index (χ3n) is 4.98. The van der Waals surface area contributed by atoms with Crippen LogP contribution in [0.4, 0.5) is 8.78 Å². The zero-order valence-corrected chi connectivity index (χ0v) is 18.1. The molecule has 2 aromatic rings. The Kier molecular flexibility index (Phi) is 8.58. The van der Waals surface area contributed by atoms with Crippen LogP contribution < -0.4 is 10.1 Å². The number of pyridine rings is 1. The monoisotopic (exact) mass is 434 g/mol. The minimum atomic E-state index is -1.01. The molecule has 7 nitrogen and oxygen atoms in total. The molecule has 1 aromatic carbocycles. The highest BCUT2D eigenvalue weighted by molar-refractivity contribution is 5.58. The molecule has 0 spiro atoms. The van der Waals surface area contributed by atoms with E-state index in [-0.39, 0.29) is 23.8 Å². The first-order valence-corrected chi connectivity index (χ1v) is 9.76. The Balaban J connectivity index is 0.000000614. The Morgan fingerprint density at radius 1 is 1.32 bits per heavy atom. The summed E-state index contributed by atoms with van der Waals surface area (Å²) in [6, 6.07) is 5.38. The van der Waals surface area contributed by atoms with E-state index in [2.05, 4.69) is 10.3 Å². The summed E-state index contributed by atoms with van der Waals surface area (Å²) in [5.41, 5.74) is -0.110. The van der Waals surface area contributed by atoms with Crippen molar-refractivity contribution in [1.29, 1.82) is 5.41 Å². The summed E-state index contributed by atoms with van der Waals surface area (Å²) in [7, 11) is 5.28. The number of ether oxygens (including phenoxy) is 2. The number of aldehydes is 1. The molecule has 2 N–H and O–H groups in total. The lowest BCUT2D eigenvalue weighted by molar-refractivity contribution is -0.119. The van der Waals surface area contributed by atoms with Gasteiger partial charge < -0.3 is 24.5 Å². The molecule has 2 atom stereocenters. The Bertz CT molecular complexity index is 910. The Labute approximate surface area is 180 Å². The predicted octanol–water partition coefficient (Wildman–Crippen LogP) is 3.27. The summed E-state index contributed by atoms with van der Waals surface area (Å²) >= 11 is 0. The Morgan fingerprint density at radius 2 is 2.03 bits per heavy atom. The van der Waals surface area contributed by atoms with E-state index in [1.807, 2.05) is 14.1 Å². The van der Waals surface area contributed by atoms with Crippen molar-refractivity contribution in [2.45, 2.75) is 18.9 Å². The van der Waals surface area contributed by atoms with Crippen molar-refractivity contribution in [3.8, 4) is 11.6 Å². The van der Waals surface area contributed by atoms with E-state index < -0.39 is 23.1 Å². The fourth-order valence-electron chi connectivity index (χ4n) is 3.27. The minimum Gasteiger partial charge on any atom is -0.436 e. The van der Waals surface area contributed by atoms with Crippen molar-refractivity contribution >= 4 is 12.6 Å². The quantitative estimate of drug-likeness (QED) is 0.412. The van der Waals surface area contributed by atoms with Crippen molar-refractivity contribution in [3.05, 3.63) is 53.2 Å². The lowest BCUT2D eigenvalue weighted by Gasteiger charge is -2.42. The normalized spacial score (nSPS) is 20.3. The molecule has 168 valence electrons. The fraction of sp³-hybridized carbons (Fsp3) is 0.409. The number of hydrogen-bond acceptors (Lipinski definition) is 6. The molecule has 1 aliphatic rings. The number of hydrogen-bond donors (Lipinski definition) is 2. The Hall–Kier alpha value is -2.91. The average Bonchev–Trinajstić information content (AvgIpc) is 2.77. The van der Waals surface area contributed by atoms with Gasteiger partial charge in [0.25, 0.3) is 5.88 Å². The van der Waals surface area contributed by atoms with Gasteiger partial charge in [0, 0.05) is 38.4 Å². The smallest absolute Gasteiger partial charge is 0.255 e. The summed E-state index contributed by atoms with van der Waals surface area (Å²) < 4.78 is 39.6. The summed E-state index contributed by atoms with van der Waals surface area (Å²) in [4.78, 5) is 17.1. The van der Waals surface area contributed by atoms with E-state index in [1.54, 1.807) is 18.9 Å². The third kappa shape index (κ3) is 5.83. The standard InChI is InChI=1S/C19H20F2N2O3.C3H8N2/c1-12-7-17(21)18(23-9-12)26-14-3-4-16(20)15(8-14)19(22-2)11-25-6-5-13(19)10-24;1-5(2)3-4/h3-4,7-10,13,22H,5-6,11H2,1-2H3;3-4H,1-2H3. The van der Waals surface area contributed by atoms with E-state index in [0.29, 0.717) is 18.6 Å². The lowest BCUT2D eigenvalue weighted by Crippen LogP contribution is -2.54. The van der Waals surface area contributed by atoms with Gasteiger partial charge in [-0.3, -0.25) is 5.41 Å². The van der Waals surface area contributed by atoms with E-state index >= 15 is 0 Å². The third-order valence-corrected chi connectivity index (χ3v) is 4.98. The van der Waals surface area contributed by atoms with Crippen LogP contribution in [0.5, 0.6) is 11.6 Å². The molecule has 0 saturated carbocycles. The van der Waals surface area contributed by atoms with Gasteiger partial charge in [-0.05, 0) is 50.2 Å². The number of aryl methyl sites for hydroxylation is 1. The van der Waals surface area contributed by atoms with Crippen LogP contribution in [-0.4, -0.2) is 56.9 Å². The summed E-state index contributed by atoms with van der Waals surface area (Å²) in [6.07, 6.45) is 4.02. The maximum Gasteiger partial charge on any atom is 0.255 e. The van der Waals surface area contributed by atoms with Crippen LogP contribution in [0.3, 0.4) is 0 Å². The molecule has 3 rings (SSSR count). The van der Waals surface area contributed by atoms with E-state index in [0.717, 1.165) is 6.29 Å².